The zero-order valence-corrected chi connectivity index (χ0v) is 7.01. The van der Waals surface area contributed by atoms with Crippen molar-refractivity contribution in [2.24, 2.45) is 0 Å². The van der Waals surface area contributed by atoms with Crippen molar-refractivity contribution >= 4 is 7.82 Å². The minimum absolute atomic E-state index is 0.0578. The largest absolute Gasteiger partial charge is 0.503 e. The Hall–Kier alpha value is -0.360. The Kier molecular flexibility index (Phi) is 10.3. The van der Waals surface area contributed by atoms with E-state index >= 15 is 0 Å². The first-order valence-corrected chi connectivity index (χ1v) is 4.16. The third-order valence-electron chi connectivity index (χ3n) is 0.427. The quantitative estimate of drug-likeness (QED) is 0.723. The SMILES string of the molecule is CCOP(=O)(O)OF.FC=CF. The van der Waals surface area contributed by atoms with E-state index in [1.54, 1.807) is 0 Å². The number of phosphoric ester groups is 1. The molecule has 0 aromatic carbocycles. The molecule has 0 aliphatic heterocycles. The van der Waals surface area contributed by atoms with E-state index in [1.165, 1.54) is 6.92 Å². The molecule has 12 heavy (non-hydrogen) atoms. The predicted molar refractivity (Wildman–Crippen MR) is 35.0 cm³/mol. The summed E-state index contributed by atoms with van der Waals surface area (Å²) in [6, 6.07) is 0. The highest BCUT2D eigenvalue weighted by Crippen LogP contribution is 2.42. The summed E-state index contributed by atoms with van der Waals surface area (Å²) in [5.74, 6) is 0. The molecule has 0 amide bonds. The Bertz CT molecular complexity index is 158. The molecule has 0 radical (unpaired) electrons. The fourth-order valence-corrected chi connectivity index (χ4v) is 0.549. The lowest BCUT2D eigenvalue weighted by Gasteiger charge is -2.00. The summed E-state index contributed by atoms with van der Waals surface area (Å²) in [6.07, 6.45) is -0.333. The second-order valence-corrected chi connectivity index (χ2v) is 2.54. The van der Waals surface area contributed by atoms with Crippen LogP contribution in [0.15, 0.2) is 12.7 Å². The normalized spacial score (nSPS) is 15.1. The predicted octanol–water partition coefficient (Wildman–Crippen LogP) is 2.42. The van der Waals surface area contributed by atoms with Crippen LogP contribution in [0.1, 0.15) is 6.92 Å². The van der Waals surface area contributed by atoms with Crippen LogP contribution in [-0.2, 0) is 13.8 Å². The van der Waals surface area contributed by atoms with E-state index < -0.39 is 7.82 Å². The van der Waals surface area contributed by atoms with Crippen molar-refractivity contribution in [3.05, 3.63) is 12.7 Å². The maximum Gasteiger partial charge on any atom is 0.503 e. The molecule has 0 aliphatic carbocycles. The first-order valence-electron chi connectivity index (χ1n) is 2.67. The molecule has 0 aromatic rings. The maximum atomic E-state index is 10.8. The van der Waals surface area contributed by atoms with E-state index in [-0.39, 0.29) is 19.3 Å². The molecule has 0 aromatic heterocycles. The van der Waals surface area contributed by atoms with Gasteiger partial charge < -0.3 is 4.89 Å². The lowest BCUT2D eigenvalue weighted by atomic mass is 10.9. The molecule has 0 saturated heterocycles. The lowest BCUT2D eigenvalue weighted by molar-refractivity contribution is -0.0469. The minimum atomic E-state index is -4.34. The van der Waals surface area contributed by atoms with E-state index in [1.807, 2.05) is 0 Å². The van der Waals surface area contributed by atoms with Crippen LogP contribution in [-0.4, -0.2) is 11.5 Å². The summed E-state index contributed by atoms with van der Waals surface area (Å²) in [4.78, 5) is 8.06. The van der Waals surface area contributed by atoms with Crippen molar-refractivity contribution in [2.45, 2.75) is 6.92 Å². The molecule has 1 unspecified atom stereocenters. The zero-order valence-electron chi connectivity index (χ0n) is 6.11. The van der Waals surface area contributed by atoms with Gasteiger partial charge in [0.2, 0.25) is 0 Å². The van der Waals surface area contributed by atoms with E-state index in [4.69, 9.17) is 4.89 Å². The van der Waals surface area contributed by atoms with Crippen LogP contribution < -0.4 is 0 Å². The highest BCUT2D eigenvalue weighted by atomic mass is 31.2. The van der Waals surface area contributed by atoms with Gasteiger partial charge in [0, 0.05) is 0 Å². The van der Waals surface area contributed by atoms with Gasteiger partial charge in [-0.3, -0.25) is 4.52 Å². The van der Waals surface area contributed by atoms with Crippen molar-refractivity contribution in [3.8, 4) is 0 Å². The summed E-state index contributed by atoms with van der Waals surface area (Å²) in [5, 5.41) is 0. The lowest BCUT2D eigenvalue weighted by Crippen LogP contribution is -1.86. The van der Waals surface area contributed by atoms with Gasteiger partial charge in [0.15, 0.2) is 0 Å². The zero-order chi connectivity index (χ0) is 10.0. The van der Waals surface area contributed by atoms with Crippen molar-refractivity contribution in [1.82, 2.24) is 0 Å². The van der Waals surface area contributed by atoms with Gasteiger partial charge in [-0.25, -0.2) is 13.3 Å². The number of hydrogen-bond acceptors (Lipinski definition) is 3. The van der Waals surface area contributed by atoms with E-state index in [9.17, 15) is 17.9 Å². The Labute approximate surface area is 67.1 Å². The average molecular weight is 208 g/mol. The third-order valence-corrected chi connectivity index (χ3v) is 1.19. The second kappa shape index (κ2) is 8.73. The van der Waals surface area contributed by atoms with Crippen LogP contribution in [0.3, 0.4) is 0 Å². The molecule has 0 spiro atoms. The van der Waals surface area contributed by atoms with Crippen molar-refractivity contribution < 1.29 is 32.0 Å². The number of phosphoric acid groups is 1. The van der Waals surface area contributed by atoms with Crippen LogP contribution in [0, 0.1) is 0 Å². The van der Waals surface area contributed by atoms with Crippen LogP contribution in [0.5, 0.6) is 0 Å². The molecular formula is C4H8F3O4P. The van der Waals surface area contributed by atoms with Gasteiger partial charge in [-0.05, 0) is 11.4 Å². The molecule has 1 atom stereocenters. The van der Waals surface area contributed by atoms with Crippen LogP contribution in [0.2, 0.25) is 0 Å². The van der Waals surface area contributed by atoms with Crippen molar-refractivity contribution in [2.75, 3.05) is 6.61 Å². The summed E-state index contributed by atoms with van der Waals surface area (Å²) >= 11 is 0. The monoisotopic (exact) mass is 208 g/mol. The van der Waals surface area contributed by atoms with Crippen molar-refractivity contribution in [3.63, 3.8) is 0 Å². The fourth-order valence-electron chi connectivity index (χ4n) is 0.183. The van der Waals surface area contributed by atoms with Crippen LogP contribution >= 0.6 is 7.82 Å². The molecular weight excluding hydrogens is 200 g/mol. The van der Waals surface area contributed by atoms with Gasteiger partial charge in [-0.2, -0.15) is 0 Å². The highest BCUT2D eigenvalue weighted by Gasteiger charge is 2.19. The third kappa shape index (κ3) is 12.3. The van der Waals surface area contributed by atoms with Crippen molar-refractivity contribution in [1.29, 1.82) is 0 Å². The Balaban J connectivity index is 0. The molecule has 0 bridgehead atoms. The molecule has 74 valence electrons. The van der Waals surface area contributed by atoms with Gasteiger partial charge in [0.1, 0.15) is 12.7 Å². The standard InChI is InChI=1S/C2H2F2.C2H6FO4P/c3-1-2-4;1-2-6-8(4,5)7-3/h1-2H;2H2,1H3,(H,4,5). The molecule has 8 heteroatoms. The van der Waals surface area contributed by atoms with Gasteiger partial charge in [0.05, 0.1) is 6.61 Å². The summed E-state index contributed by atoms with van der Waals surface area (Å²) < 4.78 is 47.5. The van der Waals surface area contributed by atoms with E-state index in [0.717, 1.165) is 0 Å². The molecule has 0 rings (SSSR count). The first kappa shape index (κ1) is 14.2. The average Bonchev–Trinajstić information content (AvgIpc) is 2.05. The summed E-state index contributed by atoms with van der Waals surface area (Å²) in [6.45, 7) is 1.39. The fraction of sp³-hybridized carbons (Fsp3) is 0.500. The molecule has 0 aliphatic rings. The van der Waals surface area contributed by atoms with E-state index in [2.05, 4.69) is 9.25 Å². The number of hydrogen-bond donors (Lipinski definition) is 1. The maximum absolute atomic E-state index is 10.8. The number of halogens is 3. The Morgan fingerprint density at radius 3 is 2.00 bits per heavy atom. The van der Waals surface area contributed by atoms with Gasteiger partial charge in [-0.1, -0.05) is 4.73 Å². The van der Waals surface area contributed by atoms with Crippen LogP contribution in [0.25, 0.3) is 0 Å². The van der Waals surface area contributed by atoms with E-state index in [0.29, 0.717) is 0 Å². The molecule has 0 saturated carbocycles. The molecule has 0 heterocycles. The number of rotatable bonds is 3. The van der Waals surface area contributed by atoms with Crippen LogP contribution in [0.4, 0.5) is 13.3 Å². The topological polar surface area (TPSA) is 55.8 Å². The molecule has 1 N–H and O–H groups in total. The Morgan fingerprint density at radius 2 is 1.92 bits per heavy atom. The Morgan fingerprint density at radius 1 is 1.50 bits per heavy atom. The first-order chi connectivity index (χ1) is 5.54. The smallest absolute Gasteiger partial charge is 0.301 e. The summed E-state index contributed by atoms with van der Waals surface area (Å²) in [7, 11) is -4.34. The second-order valence-electron chi connectivity index (χ2n) is 1.21. The summed E-state index contributed by atoms with van der Waals surface area (Å²) in [5.41, 5.74) is 0. The van der Waals surface area contributed by atoms with Gasteiger partial charge in [0.25, 0.3) is 0 Å². The van der Waals surface area contributed by atoms with Gasteiger partial charge in [-0.15, -0.1) is 0 Å². The molecule has 4 nitrogen and oxygen atoms in total. The minimum Gasteiger partial charge on any atom is -0.301 e. The van der Waals surface area contributed by atoms with Gasteiger partial charge >= 0.3 is 7.82 Å². The highest BCUT2D eigenvalue weighted by molar-refractivity contribution is 7.47. The molecule has 0 fully saturated rings.